The second kappa shape index (κ2) is 6.94. The Morgan fingerprint density at radius 2 is 1.91 bits per heavy atom. The van der Waals surface area contributed by atoms with Gasteiger partial charge in [-0.2, -0.15) is 5.10 Å². The summed E-state index contributed by atoms with van der Waals surface area (Å²) in [5.74, 6) is -0.615. The van der Waals surface area contributed by atoms with Crippen molar-refractivity contribution in [2.45, 2.75) is 59.0 Å². The Labute approximate surface area is 131 Å². The first-order valence-corrected chi connectivity index (χ1v) is 7.91. The number of aryl methyl sites for hydroxylation is 2. The van der Waals surface area contributed by atoms with Crippen LogP contribution >= 0.6 is 0 Å². The van der Waals surface area contributed by atoms with Crippen LogP contribution in [0.25, 0.3) is 0 Å². The van der Waals surface area contributed by atoms with Gasteiger partial charge in [-0.25, -0.2) is 0 Å². The molecular formula is C16H25N3O3. The third-order valence-corrected chi connectivity index (χ3v) is 4.36. The Morgan fingerprint density at radius 3 is 2.45 bits per heavy atom. The minimum atomic E-state index is -0.798. The SMILES string of the molecule is Cc1nn(C)c(C)c1NC(=O)[C@@H](C)OC(=O)C1CCCCC1. The largest absolute Gasteiger partial charge is 0.452 e. The standard InChI is InChI=1S/C16H25N3O3/c1-10-14(11(2)19(4)18-10)17-15(20)12(3)22-16(21)13-8-6-5-7-9-13/h12-13H,5-9H2,1-4H3,(H,17,20)/t12-/m1/s1. The average molecular weight is 307 g/mol. The molecule has 1 aliphatic carbocycles. The molecule has 0 saturated heterocycles. The maximum Gasteiger partial charge on any atom is 0.309 e. The highest BCUT2D eigenvalue weighted by Crippen LogP contribution is 2.25. The number of nitrogens with one attached hydrogen (secondary N) is 1. The second-order valence-electron chi connectivity index (χ2n) is 6.07. The minimum Gasteiger partial charge on any atom is -0.452 e. The van der Waals surface area contributed by atoms with E-state index in [1.807, 2.05) is 20.9 Å². The molecule has 122 valence electrons. The summed E-state index contributed by atoms with van der Waals surface area (Å²) >= 11 is 0. The second-order valence-corrected chi connectivity index (χ2v) is 6.07. The molecular weight excluding hydrogens is 282 g/mol. The van der Waals surface area contributed by atoms with Crippen molar-refractivity contribution < 1.29 is 14.3 Å². The molecule has 2 rings (SSSR count). The lowest BCUT2D eigenvalue weighted by Crippen LogP contribution is -2.33. The van der Waals surface area contributed by atoms with Crippen LogP contribution in [-0.2, 0) is 21.4 Å². The van der Waals surface area contributed by atoms with Crippen molar-refractivity contribution in [1.82, 2.24) is 9.78 Å². The van der Waals surface area contributed by atoms with E-state index in [2.05, 4.69) is 10.4 Å². The maximum absolute atomic E-state index is 12.2. The molecule has 0 bridgehead atoms. The predicted octanol–water partition coefficient (Wildman–Crippen LogP) is 2.49. The smallest absolute Gasteiger partial charge is 0.309 e. The Hall–Kier alpha value is -1.85. The van der Waals surface area contributed by atoms with Gasteiger partial charge in [0.05, 0.1) is 23.0 Å². The molecule has 0 spiro atoms. The quantitative estimate of drug-likeness (QED) is 0.867. The van der Waals surface area contributed by atoms with Crippen molar-refractivity contribution in [2.24, 2.45) is 13.0 Å². The van der Waals surface area contributed by atoms with Crippen LogP contribution in [0.15, 0.2) is 0 Å². The molecule has 22 heavy (non-hydrogen) atoms. The van der Waals surface area contributed by atoms with Gasteiger partial charge >= 0.3 is 5.97 Å². The number of hydrogen-bond donors (Lipinski definition) is 1. The van der Waals surface area contributed by atoms with Crippen LogP contribution < -0.4 is 5.32 Å². The van der Waals surface area contributed by atoms with E-state index in [4.69, 9.17) is 4.74 Å². The van der Waals surface area contributed by atoms with Gasteiger partial charge in [0.2, 0.25) is 0 Å². The molecule has 1 amide bonds. The van der Waals surface area contributed by atoms with E-state index in [1.54, 1.807) is 11.6 Å². The molecule has 1 heterocycles. The van der Waals surface area contributed by atoms with E-state index in [0.29, 0.717) is 5.69 Å². The Kier molecular flexibility index (Phi) is 5.21. The molecule has 0 aromatic carbocycles. The summed E-state index contributed by atoms with van der Waals surface area (Å²) in [7, 11) is 1.82. The summed E-state index contributed by atoms with van der Waals surface area (Å²) in [6, 6.07) is 0. The van der Waals surface area contributed by atoms with Crippen molar-refractivity contribution in [3.63, 3.8) is 0 Å². The zero-order valence-corrected chi connectivity index (χ0v) is 13.8. The zero-order valence-electron chi connectivity index (χ0n) is 13.8. The van der Waals surface area contributed by atoms with Gasteiger partial charge in [0.1, 0.15) is 0 Å². The van der Waals surface area contributed by atoms with Crippen LogP contribution in [0.2, 0.25) is 0 Å². The van der Waals surface area contributed by atoms with Crippen molar-refractivity contribution in [3.05, 3.63) is 11.4 Å². The normalized spacial score (nSPS) is 17.1. The van der Waals surface area contributed by atoms with Gasteiger partial charge in [-0.05, 0) is 33.6 Å². The fourth-order valence-corrected chi connectivity index (χ4v) is 2.84. The Balaban J connectivity index is 1.93. The summed E-state index contributed by atoms with van der Waals surface area (Å²) in [5.41, 5.74) is 2.31. The number of nitrogens with zero attached hydrogens (tertiary/aromatic N) is 2. The van der Waals surface area contributed by atoms with Crippen LogP contribution in [0.5, 0.6) is 0 Å². The predicted molar refractivity (Wildman–Crippen MR) is 83.4 cm³/mol. The molecule has 1 fully saturated rings. The molecule has 0 unspecified atom stereocenters. The number of esters is 1. The number of hydrogen-bond acceptors (Lipinski definition) is 4. The van der Waals surface area contributed by atoms with Crippen LogP contribution in [-0.4, -0.2) is 27.8 Å². The van der Waals surface area contributed by atoms with Crippen LogP contribution in [0.4, 0.5) is 5.69 Å². The van der Waals surface area contributed by atoms with Gasteiger partial charge in [-0.3, -0.25) is 14.3 Å². The molecule has 0 aliphatic heterocycles. The van der Waals surface area contributed by atoms with Gasteiger partial charge in [0.25, 0.3) is 5.91 Å². The summed E-state index contributed by atoms with van der Waals surface area (Å²) in [6.45, 7) is 5.33. The van der Waals surface area contributed by atoms with Crippen molar-refractivity contribution >= 4 is 17.6 Å². The first-order chi connectivity index (χ1) is 10.4. The van der Waals surface area contributed by atoms with Crippen molar-refractivity contribution in [3.8, 4) is 0 Å². The first-order valence-electron chi connectivity index (χ1n) is 7.91. The van der Waals surface area contributed by atoms with E-state index >= 15 is 0 Å². The molecule has 6 nitrogen and oxygen atoms in total. The molecule has 1 saturated carbocycles. The van der Waals surface area contributed by atoms with E-state index in [9.17, 15) is 9.59 Å². The van der Waals surface area contributed by atoms with Gasteiger partial charge in [0, 0.05) is 7.05 Å². The van der Waals surface area contributed by atoms with Gasteiger partial charge in [-0.15, -0.1) is 0 Å². The molecule has 1 N–H and O–H groups in total. The van der Waals surface area contributed by atoms with Gasteiger partial charge in [-0.1, -0.05) is 19.3 Å². The lowest BCUT2D eigenvalue weighted by molar-refractivity contribution is -0.158. The fourth-order valence-electron chi connectivity index (χ4n) is 2.84. The highest BCUT2D eigenvalue weighted by Gasteiger charge is 2.27. The molecule has 6 heteroatoms. The van der Waals surface area contributed by atoms with E-state index < -0.39 is 6.10 Å². The third-order valence-electron chi connectivity index (χ3n) is 4.36. The summed E-state index contributed by atoms with van der Waals surface area (Å²) in [4.78, 5) is 24.3. The Morgan fingerprint density at radius 1 is 1.27 bits per heavy atom. The van der Waals surface area contributed by atoms with E-state index in [1.165, 1.54) is 6.42 Å². The maximum atomic E-state index is 12.2. The molecule has 1 atom stereocenters. The number of rotatable bonds is 4. The van der Waals surface area contributed by atoms with E-state index in [-0.39, 0.29) is 17.8 Å². The zero-order chi connectivity index (χ0) is 16.3. The fraction of sp³-hybridized carbons (Fsp3) is 0.688. The highest BCUT2D eigenvalue weighted by atomic mass is 16.5. The van der Waals surface area contributed by atoms with Crippen molar-refractivity contribution in [1.29, 1.82) is 0 Å². The minimum absolute atomic E-state index is 0.0501. The number of carbonyl (C=O) groups excluding carboxylic acids is 2. The number of carbonyl (C=O) groups is 2. The van der Waals surface area contributed by atoms with Crippen molar-refractivity contribution in [2.75, 3.05) is 5.32 Å². The van der Waals surface area contributed by atoms with E-state index in [0.717, 1.165) is 37.1 Å². The first kappa shape index (κ1) is 16.5. The van der Waals surface area contributed by atoms with Crippen LogP contribution in [0.1, 0.15) is 50.4 Å². The lowest BCUT2D eigenvalue weighted by Gasteiger charge is -2.22. The average Bonchev–Trinajstić information content (AvgIpc) is 2.74. The van der Waals surface area contributed by atoms with Crippen LogP contribution in [0.3, 0.4) is 0 Å². The summed E-state index contributed by atoms with van der Waals surface area (Å²) in [5, 5.41) is 7.06. The number of anilines is 1. The molecule has 1 aromatic heterocycles. The number of aromatic nitrogens is 2. The highest BCUT2D eigenvalue weighted by molar-refractivity contribution is 5.96. The Bertz CT molecular complexity index is 559. The van der Waals surface area contributed by atoms with Gasteiger partial charge < -0.3 is 10.1 Å². The monoisotopic (exact) mass is 307 g/mol. The topological polar surface area (TPSA) is 73.2 Å². The summed E-state index contributed by atoms with van der Waals surface area (Å²) in [6.07, 6.45) is 4.25. The third kappa shape index (κ3) is 3.67. The molecule has 1 aromatic rings. The summed E-state index contributed by atoms with van der Waals surface area (Å²) < 4.78 is 7.04. The number of ether oxygens (including phenoxy) is 1. The number of amides is 1. The molecule has 0 radical (unpaired) electrons. The van der Waals surface area contributed by atoms with Gasteiger partial charge in [0.15, 0.2) is 6.10 Å². The van der Waals surface area contributed by atoms with Crippen LogP contribution in [0, 0.1) is 19.8 Å². The molecule has 1 aliphatic rings. The lowest BCUT2D eigenvalue weighted by atomic mass is 9.89.